The van der Waals surface area contributed by atoms with Crippen LogP contribution < -0.4 is 17.2 Å². The lowest BCUT2D eigenvalue weighted by Crippen LogP contribution is -2.16. The number of anilines is 3. The Labute approximate surface area is 109 Å². The maximum Gasteiger partial charge on any atom is 0.223 e. The molecule has 0 aromatic carbocycles. The molecule has 1 atom stereocenters. The first kappa shape index (κ1) is 11.3. The van der Waals surface area contributed by atoms with Crippen molar-refractivity contribution < 1.29 is 0 Å². The number of nitrogens with zero attached hydrogens (tertiary/aromatic N) is 2. The van der Waals surface area contributed by atoms with E-state index in [1.54, 1.807) is 11.3 Å². The average Bonchev–Trinajstić information content (AvgIpc) is 2.76. The van der Waals surface area contributed by atoms with E-state index in [0.29, 0.717) is 11.6 Å². The Bertz CT molecular complexity index is 569. The first-order chi connectivity index (χ1) is 8.66. The third-order valence-corrected chi connectivity index (χ3v) is 4.42. The lowest BCUT2D eigenvalue weighted by Gasteiger charge is -2.24. The molecule has 1 aliphatic rings. The fraction of sp³-hybridized carbons (Fsp3) is 0.333. The summed E-state index contributed by atoms with van der Waals surface area (Å²) in [6, 6.07) is 2.15. The molecule has 18 heavy (non-hydrogen) atoms. The molecule has 1 aliphatic carbocycles. The third kappa shape index (κ3) is 1.69. The van der Waals surface area contributed by atoms with Gasteiger partial charge in [0.2, 0.25) is 5.95 Å². The minimum absolute atomic E-state index is 0.134. The van der Waals surface area contributed by atoms with Crippen molar-refractivity contribution >= 4 is 28.9 Å². The summed E-state index contributed by atoms with van der Waals surface area (Å²) in [5.41, 5.74) is 19.6. The molecule has 0 amide bonds. The summed E-state index contributed by atoms with van der Waals surface area (Å²) >= 11 is 1.79. The average molecular weight is 261 g/mol. The van der Waals surface area contributed by atoms with Crippen molar-refractivity contribution in [1.82, 2.24) is 9.97 Å². The molecule has 6 N–H and O–H groups in total. The van der Waals surface area contributed by atoms with E-state index in [-0.39, 0.29) is 11.9 Å². The van der Waals surface area contributed by atoms with Crippen molar-refractivity contribution in [3.8, 4) is 0 Å². The van der Waals surface area contributed by atoms with Gasteiger partial charge in [-0.15, -0.1) is 11.3 Å². The maximum absolute atomic E-state index is 5.97. The van der Waals surface area contributed by atoms with E-state index in [1.807, 2.05) is 0 Å². The van der Waals surface area contributed by atoms with E-state index < -0.39 is 0 Å². The molecule has 0 fully saturated rings. The van der Waals surface area contributed by atoms with Crippen LogP contribution in [0.15, 0.2) is 11.4 Å². The Hall–Kier alpha value is -1.82. The van der Waals surface area contributed by atoms with Gasteiger partial charge < -0.3 is 17.2 Å². The summed E-state index contributed by atoms with van der Waals surface area (Å²) in [6.07, 6.45) is 3.31. The Kier molecular flexibility index (Phi) is 2.59. The molecule has 0 radical (unpaired) electrons. The standard InChI is InChI=1S/C12H15N5S/c13-10-9(11(14)17-12(15)16-10)7-2-1-3-8-6(7)4-5-18-8/h4-5,7H,1-3H2,(H6,13,14,15,16,17). The SMILES string of the molecule is Nc1nc(N)c(C2CCCc3sccc32)c(N)n1. The number of nitrogen functional groups attached to an aromatic ring is 3. The molecule has 5 nitrogen and oxygen atoms in total. The smallest absolute Gasteiger partial charge is 0.223 e. The number of hydrogen-bond acceptors (Lipinski definition) is 6. The van der Waals surface area contributed by atoms with Crippen LogP contribution in [0.2, 0.25) is 0 Å². The Morgan fingerprint density at radius 2 is 1.89 bits per heavy atom. The highest BCUT2D eigenvalue weighted by atomic mass is 32.1. The van der Waals surface area contributed by atoms with Gasteiger partial charge in [-0.3, -0.25) is 0 Å². The second-order valence-electron chi connectivity index (χ2n) is 4.51. The van der Waals surface area contributed by atoms with Gasteiger partial charge in [0.05, 0.1) is 0 Å². The Balaban J connectivity index is 2.13. The Morgan fingerprint density at radius 1 is 1.17 bits per heavy atom. The molecule has 1 unspecified atom stereocenters. The molecule has 0 spiro atoms. The number of hydrogen-bond donors (Lipinski definition) is 3. The number of nitrogens with two attached hydrogens (primary N) is 3. The van der Waals surface area contributed by atoms with Gasteiger partial charge in [-0.25, -0.2) is 0 Å². The van der Waals surface area contributed by atoms with Crippen molar-refractivity contribution in [3.05, 3.63) is 27.5 Å². The van der Waals surface area contributed by atoms with E-state index in [2.05, 4.69) is 21.4 Å². The molecule has 2 heterocycles. The van der Waals surface area contributed by atoms with Gasteiger partial charge in [0.25, 0.3) is 0 Å². The zero-order chi connectivity index (χ0) is 12.7. The summed E-state index contributed by atoms with van der Waals surface area (Å²) in [7, 11) is 0. The molecule has 6 heteroatoms. The van der Waals surface area contributed by atoms with Crippen molar-refractivity contribution in [2.75, 3.05) is 17.2 Å². The van der Waals surface area contributed by atoms with Gasteiger partial charge in [-0.2, -0.15) is 9.97 Å². The van der Waals surface area contributed by atoms with Crippen LogP contribution in [-0.2, 0) is 6.42 Å². The monoisotopic (exact) mass is 261 g/mol. The topological polar surface area (TPSA) is 104 Å². The fourth-order valence-electron chi connectivity index (χ4n) is 2.67. The van der Waals surface area contributed by atoms with Crippen molar-refractivity contribution in [3.63, 3.8) is 0 Å². The summed E-state index contributed by atoms with van der Waals surface area (Å²) in [5.74, 6) is 1.16. The van der Waals surface area contributed by atoms with Gasteiger partial charge in [0.1, 0.15) is 11.6 Å². The van der Waals surface area contributed by atoms with Crippen LogP contribution in [0.5, 0.6) is 0 Å². The molecule has 0 saturated heterocycles. The molecule has 2 aromatic heterocycles. The van der Waals surface area contributed by atoms with E-state index in [1.165, 1.54) is 10.4 Å². The third-order valence-electron chi connectivity index (χ3n) is 3.42. The Morgan fingerprint density at radius 3 is 2.61 bits per heavy atom. The van der Waals surface area contributed by atoms with Crippen molar-refractivity contribution in [2.24, 2.45) is 0 Å². The van der Waals surface area contributed by atoms with E-state index in [4.69, 9.17) is 17.2 Å². The summed E-state index contributed by atoms with van der Waals surface area (Å²) in [4.78, 5) is 9.49. The number of fused-ring (bicyclic) bond motifs is 1. The second-order valence-corrected chi connectivity index (χ2v) is 5.51. The quantitative estimate of drug-likeness (QED) is 0.725. The molecule has 94 valence electrons. The lowest BCUT2D eigenvalue weighted by atomic mass is 9.83. The lowest BCUT2D eigenvalue weighted by molar-refractivity contribution is 0.624. The molecular formula is C12H15N5S. The van der Waals surface area contributed by atoms with Gasteiger partial charge in [0.15, 0.2) is 0 Å². The second kappa shape index (κ2) is 4.13. The van der Waals surface area contributed by atoms with Crippen LogP contribution in [0.25, 0.3) is 0 Å². The zero-order valence-electron chi connectivity index (χ0n) is 9.89. The number of aryl methyl sites for hydroxylation is 1. The van der Waals surface area contributed by atoms with E-state index in [0.717, 1.165) is 24.8 Å². The van der Waals surface area contributed by atoms with Crippen LogP contribution in [0, 0.1) is 0 Å². The van der Waals surface area contributed by atoms with E-state index >= 15 is 0 Å². The highest BCUT2D eigenvalue weighted by molar-refractivity contribution is 7.10. The molecule has 3 rings (SSSR count). The van der Waals surface area contributed by atoms with Gasteiger partial charge in [-0.1, -0.05) is 0 Å². The van der Waals surface area contributed by atoms with Gasteiger partial charge in [0, 0.05) is 16.4 Å². The summed E-state index contributed by atoms with van der Waals surface area (Å²) in [6.45, 7) is 0. The highest BCUT2D eigenvalue weighted by Crippen LogP contribution is 2.42. The van der Waals surface area contributed by atoms with E-state index in [9.17, 15) is 0 Å². The zero-order valence-corrected chi connectivity index (χ0v) is 10.7. The van der Waals surface area contributed by atoms with Gasteiger partial charge in [-0.05, 0) is 36.3 Å². The number of rotatable bonds is 1. The predicted octanol–water partition coefficient (Wildman–Crippen LogP) is 1.75. The minimum atomic E-state index is 0.134. The van der Waals surface area contributed by atoms with Crippen LogP contribution in [0.4, 0.5) is 17.6 Å². The molecule has 0 saturated carbocycles. The number of aromatic nitrogens is 2. The minimum Gasteiger partial charge on any atom is -0.383 e. The normalized spacial score (nSPS) is 18.6. The summed E-state index contributed by atoms with van der Waals surface area (Å²) < 4.78 is 0. The van der Waals surface area contributed by atoms with Gasteiger partial charge >= 0.3 is 0 Å². The van der Waals surface area contributed by atoms with Crippen LogP contribution in [0.3, 0.4) is 0 Å². The number of thiophene rings is 1. The first-order valence-corrected chi connectivity index (χ1v) is 6.79. The van der Waals surface area contributed by atoms with Crippen molar-refractivity contribution in [2.45, 2.75) is 25.2 Å². The van der Waals surface area contributed by atoms with Crippen LogP contribution in [-0.4, -0.2) is 9.97 Å². The maximum atomic E-state index is 5.97. The first-order valence-electron chi connectivity index (χ1n) is 5.91. The summed E-state index contributed by atoms with van der Waals surface area (Å²) in [5, 5.41) is 2.12. The van der Waals surface area contributed by atoms with Crippen LogP contribution in [0.1, 0.15) is 34.8 Å². The molecule has 2 aromatic rings. The predicted molar refractivity (Wildman–Crippen MR) is 74.4 cm³/mol. The van der Waals surface area contributed by atoms with Crippen molar-refractivity contribution in [1.29, 1.82) is 0 Å². The fourth-order valence-corrected chi connectivity index (χ4v) is 3.65. The molecule has 0 aliphatic heterocycles. The molecule has 0 bridgehead atoms. The molecular weight excluding hydrogens is 246 g/mol. The largest absolute Gasteiger partial charge is 0.383 e. The van der Waals surface area contributed by atoms with Crippen LogP contribution >= 0.6 is 11.3 Å². The highest BCUT2D eigenvalue weighted by Gasteiger charge is 2.27.